The average Bonchev–Trinajstić information content (AvgIpc) is 3.49. The number of aliphatic imine (C=N–C) groups is 1. The van der Waals surface area contributed by atoms with E-state index in [9.17, 15) is 0 Å². The van der Waals surface area contributed by atoms with Crippen molar-refractivity contribution in [1.29, 1.82) is 0 Å². The van der Waals surface area contributed by atoms with Gasteiger partial charge in [-0.15, -0.1) is 0 Å². The summed E-state index contributed by atoms with van der Waals surface area (Å²) in [5.74, 6) is 2.06. The summed E-state index contributed by atoms with van der Waals surface area (Å²) in [6, 6.07) is 15.3. The quantitative estimate of drug-likeness (QED) is 0.592. The Morgan fingerprint density at radius 3 is 2.68 bits per heavy atom. The molecule has 150 valence electrons. The van der Waals surface area contributed by atoms with Gasteiger partial charge in [-0.1, -0.05) is 30.3 Å². The van der Waals surface area contributed by atoms with Crippen molar-refractivity contribution < 1.29 is 4.42 Å². The zero-order valence-electron chi connectivity index (χ0n) is 16.7. The Kier molecular flexibility index (Phi) is 6.66. The molecule has 1 atom stereocenters. The van der Waals surface area contributed by atoms with Crippen molar-refractivity contribution in [2.45, 2.75) is 38.1 Å². The fourth-order valence-electron chi connectivity index (χ4n) is 4.30. The third-order valence-corrected chi connectivity index (χ3v) is 5.86. The van der Waals surface area contributed by atoms with Gasteiger partial charge in [0.15, 0.2) is 5.96 Å². The number of guanidine groups is 1. The van der Waals surface area contributed by atoms with Crippen molar-refractivity contribution in [1.82, 2.24) is 15.1 Å². The molecular formula is C23H32N4O. The first-order valence-electron chi connectivity index (χ1n) is 10.7. The van der Waals surface area contributed by atoms with Gasteiger partial charge in [0.25, 0.3) is 0 Å². The fourth-order valence-corrected chi connectivity index (χ4v) is 4.30. The molecule has 2 aliphatic heterocycles. The Morgan fingerprint density at radius 2 is 1.89 bits per heavy atom. The zero-order chi connectivity index (χ0) is 19.0. The number of nitrogens with zero attached hydrogens (tertiary/aromatic N) is 3. The number of hydrogen-bond donors (Lipinski definition) is 1. The molecule has 1 aromatic carbocycles. The van der Waals surface area contributed by atoms with E-state index in [2.05, 4.69) is 45.4 Å². The van der Waals surface area contributed by atoms with Gasteiger partial charge in [-0.25, -0.2) is 0 Å². The maximum Gasteiger partial charge on any atom is 0.194 e. The minimum absolute atomic E-state index is 0.689. The summed E-state index contributed by atoms with van der Waals surface area (Å²) < 4.78 is 5.45. The van der Waals surface area contributed by atoms with Crippen molar-refractivity contribution in [3.05, 3.63) is 60.1 Å². The largest absolute Gasteiger partial charge is 0.469 e. The van der Waals surface area contributed by atoms with Gasteiger partial charge >= 0.3 is 0 Å². The lowest BCUT2D eigenvalue weighted by molar-refractivity contribution is 0.249. The highest BCUT2D eigenvalue weighted by atomic mass is 16.3. The maximum atomic E-state index is 5.45. The van der Waals surface area contributed by atoms with Crippen LogP contribution in [0.25, 0.3) is 0 Å². The molecule has 5 nitrogen and oxygen atoms in total. The van der Waals surface area contributed by atoms with Gasteiger partial charge in [-0.05, 0) is 56.5 Å². The highest BCUT2D eigenvalue weighted by Gasteiger charge is 2.30. The fraction of sp³-hybridized carbons (Fsp3) is 0.522. The van der Waals surface area contributed by atoms with E-state index in [0.717, 1.165) is 50.7 Å². The van der Waals surface area contributed by atoms with E-state index in [-0.39, 0.29) is 0 Å². The second-order valence-electron chi connectivity index (χ2n) is 7.83. The third-order valence-electron chi connectivity index (χ3n) is 5.86. The van der Waals surface area contributed by atoms with E-state index in [0.29, 0.717) is 6.04 Å². The summed E-state index contributed by atoms with van der Waals surface area (Å²) >= 11 is 0. The van der Waals surface area contributed by atoms with E-state index in [1.54, 1.807) is 6.26 Å². The van der Waals surface area contributed by atoms with Gasteiger partial charge in [0.2, 0.25) is 0 Å². The predicted molar refractivity (Wildman–Crippen MR) is 114 cm³/mol. The first-order chi connectivity index (χ1) is 13.9. The minimum atomic E-state index is 0.689. The van der Waals surface area contributed by atoms with Crippen molar-refractivity contribution in [2.75, 3.05) is 39.3 Å². The number of nitrogens with one attached hydrogen (secondary N) is 1. The molecule has 3 heterocycles. The van der Waals surface area contributed by atoms with Crippen LogP contribution < -0.4 is 5.32 Å². The molecule has 0 bridgehead atoms. The standard InChI is InChI=1S/C23H32N4O/c1-2-7-20(8-3-1)10-13-24-23(25-14-11-22-9-6-18-28-22)27-17-12-21(19-27)26-15-4-5-16-26/h1-3,6-9,18,21H,4-5,10-17,19H2,(H,24,25). The van der Waals surface area contributed by atoms with Crippen LogP contribution in [0.5, 0.6) is 0 Å². The topological polar surface area (TPSA) is 44.0 Å². The smallest absolute Gasteiger partial charge is 0.194 e. The lowest BCUT2D eigenvalue weighted by atomic mass is 10.1. The molecule has 4 rings (SSSR count). The highest BCUT2D eigenvalue weighted by Crippen LogP contribution is 2.20. The molecule has 0 spiro atoms. The molecule has 1 N–H and O–H groups in total. The molecular weight excluding hydrogens is 348 g/mol. The molecule has 28 heavy (non-hydrogen) atoms. The van der Waals surface area contributed by atoms with Gasteiger partial charge in [0.05, 0.1) is 6.26 Å². The van der Waals surface area contributed by atoms with Gasteiger partial charge in [0.1, 0.15) is 5.76 Å². The van der Waals surface area contributed by atoms with Crippen LogP contribution >= 0.6 is 0 Å². The van der Waals surface area contributed by atoms with Gasteiger partial charge in [-0.3, -0.25) is 9.89 Å². The molecule has 2 aromatic rings. The molecule has 1 aromatic heterocycles. The summed E-state index contributed by atoms with van der Waals surface area (Å²) in [5.41, 5.74) is 1.36. The van der Waals surface area contributed by atoms with Crippen molar-refractivity contribution in [3.63, 3.8) is 0 Å². The molecule has 0 amide bonds. The number of furan rings is 1. The van der Waals surface area contributed by atoms with Crippen LogP contribution in [0.1, 0.15) is 30.6 Å². The summed E-state index contributed by atoms with van der Waals surface area (Å²) in [6.07, 6.45) is 7.56. The second-order valence-corrected chi connectivity index (χ2v) is 7.83. The zero-order valence-corrected chi connectivity index (χ0v) is 16.7. The number of benzene rings is 1. The van der Waals surface area contributed by atoms with E-state index in [4.69, 9.17) is 9.41 Å². The Labute approximate surface area is 168 Å². The van der Waals surface area contributed by atoms with Crippen LogP contribution in [-0.2, 0) is 12.8 Å². The first kappa shape index (κ1) is 19.1. The molecule has 1 unspecified atom stereocenters. The SMILES string of the molecule is c1ccc(CCNC(=NCCc2ccco2)N2CCC(N3CCCC3)C2)cc1. The Balaban J connectivity index is 1.34. The van der Waals surface area contributed by atoms with Crippen LogP contribution in [0.2, 0.25) is 0 Å². The number of likely N-dealkylation sites (tertiary alicyclic amines) is 2. The Bertz CT molecular complexity index is 722. The molecule has 0 saturated carbocycles. The van der Waals surface area contributed by atoms with E-state index in [1.807, 2.05) is 12.1 Å². The highest BCUT2D eigenvalue weighted by molar-refractivity contribution is 5.80. The van der Waals surface area contributed by atoms with Crippen LogP contribution in [0.15, 0.2) is 58.1 Å². The first-order valence-corrected chi connectivity index (χ1v) is 10.7. The summed E-state index contributed by atoms with van der Waals surface area (Å²) in [4.78, 5) is 10.1. The van der Waals surface area contributed by atoms with Gasteiger partial charge in [0, 0.05) is 38.6 Å². The van der Waals surface area contributed by atoms with E-state index >= 15 is 0 Å². The summed E-state index contributed by atoms with van der Waals surface area (Å²) in [6.45, 7) is 6.40. The average molecular weight is 381 g/mol. The van der Waals surface area contributed by atoms with Crippen molar-refractivity contribution >= 4 is 5.96 Å². The normalized spacial score (nSPS) is 20.8. The van der Waals surface area contributed by atoms with Crippen molar-refractivity contribution in [3.8, 4) is 0 Å². The molecule has 5 heteroatoms. The summed E-state index contributed by atoms with van der Waals surface area (Å²) in [5, 5.41) is 3.63. The van der Waals surface area contributed by atoms with E-state index < -0.39 is 0 Å². The molecule has 0 aliphatic carbocycles. The van der Waals surface area contributed by atoms with Gasteiger partial charge in [-0.2, -0.15) is 0 Å². The van der Waals surface area contributed by atoms with Crippen LogP contribution in [-0.4, -0.2) is 61.1 Å². The Morgan fingerprint density at radius 1 is 1.04 bits per heavy atom. The van der Waals surface area contributed by atoms with Crippen molar-refractivity contribution in [2.24, 2.45) is 4.99 Å². The lowest BCUT2D eigenvalue weighted by Gasteiger charge is -2.25. The third kappa shape index (κ3) is 5.16. The molecule has 2 fully saturated rings. The molecule has 0 radical (unpaired) electrons. The number of hydrogen-bond acceptors (Lipinski definition) is 3. The van der Waals surface area contributed by atoms with E-state index in [1.165, 1.54) is 37.9 Å². The van der Waals surface area contributed by atoms with Gasteiger partial charge < -0.3 is 14.6 Å². The minimum Gasteiger partial charge on any atom is -0.469 e. The van der Waals surface area contributed by atoms with Crippen LogP contribution in [0, 0.1) is 0 Å². The van der Waals surface area contributed by atoms with Crippen LogP contribution in [0.3, 0.4) is 0 Å². The summed E-state index contributed by atoms with van der Waals surface area (Å²) in [7, 11) is 0. The lowest BCUT2D eigenvalue weighted by Crippen LogP contribution is -2.43. The predicted octanol–water partition coefficient (Wildman–Crippen LogP) is 3.18. The maximum absolute atomic E-state index is 5.45. The second kappa shape index (κ2) is 9.78. The molecule has 2 saturated heterocycles. The Hall–Kier alpha value is -2.27. The number of rotatable bonds is 7. The monoisotopic (exact) mass is 380 g/mol. The molecule has 2 aliphatic rings. The van der Waals surface area contributed by atoms with Crippen LogP contribution in [0.4, 0.5) is 0 Å².